The van der Waals surface area contributed by atoms with Crippen molar-refractivity contribution < 1.29 is 32.6 Å². The van der Waals surface area contributed by atoms with Gasteiger partial charge < -0.3 is 0 Å². The van der Waals surface area contributed by atoms with Gasteiger partial charge in [-0.25, -0.2) is 4.90 Å². The molecule has 0 saturated carbocycles. The number of carbonyl (C=O) groups excluding carboxylic acids is 2. The van der Waals surface area contributed by atoms with Crippen molar-refractivity contribution in [3.05, 3.63) is 108 Å². The van der Waals surface area contributed by atoms with E-state index in [9.17, 15) is 43.0 Å². The molecule has 0 unspecified atom stereocenters. The molecule has 0 aliphatic rings. The summed E-state index contributed by atoms with van der Waals surface area (Å²) in [6.07, 6.45) is -4.99. The van der Waals surface area contributed by atoms with Gasteiger partial charge >= 0.3 is 6.18 Å². The number of imide groups is 1. The van der Waals surface area contributed by atoms with Gasteiger partial charge in [0.15, 0.2) is 0 Å². The number of benzene rings is 3. The molecule has 3 rings (SSSR count). The third kappa shape index (κ3) is 5.23. The predicted molar refractivity (Wildman–Crippen MR) is 119 cm³/mol. The summed E-state index contributed by atoms with van der Waals surface area (Å²) in [7, 11) is 0. The van der Waals surface area contributed by atoms with Crippen LogP contribution in [0.4, 0.5) is 30.2 Å². The summed E-state index contributed by atoms with van der Waals surface area (Å²) in [4.78, 5) is 47.2. The maximum Gasteiger partial charge on any atom is 0.418 e. The number of rotatable bonds is 5. The number of non-ortho nitro benzene ring substituents is 2. The lowest BCUT2D eigenvalue weighted by Crippen LogP contribution is -2.38. The number of hydrogen-bond donors (Lipinski definition) is 0. The zero-order valence-corrected chi connectivity index (χ0v) is 18.5. The van der Waals surface area contributed by atoms with Crippen LogP contribution >= 0.6 is 23.2 Å². The Labute approximate surface area is 203 Å². The van der Waals surface area contributed by atoms with Gasteiger partial charge in [-0.1, -0.05) is 35.3 Å². The monoisotopic (exact) mass is 527 g/mol. The summed E-state index contributed by atoms with van der Waals surface area (Å²) < 4.78 is 41.2. The zero-order valence-electron chi connectivity index (χ0n) is 17.0. The summed E-state index contributed by atoms with van der Waals surface area (Å²) in [5.74, 6) is -2.69. The molecule has 0 bridgehead atoms. The molecule has 0 N–H and O–H groups in total. The van der Waals surface area contributed by atoms with E-state index in [2.05, 4.69) is 0 Å². The average Bonchev–Trinajstić information content (AvgIpc) is 2.78. The van der Waals surface area contributed by atoms with Crippen LogP contribution in [0.2, 0.25) is 10.0 Å². The van der Waals surface area contributed by atoms with E-state index in [1.54, 1.807) is 0 Å². The Balaban J connectivity index is 2.24. The number of halogens is 5. The van der Waals surface area contributed by atoms with Gasteiger partial charge in [-0.2, -0.15) is 13.2 Å². The van der Waals surface area contributed by atoms with Crippen LogP contribution in [0, 0.1) is 20.2 Å². The van der Waals surface area contributed by atoms with E-state index in [1.165, 1.54) is 0 Å². The first kappa shape index (κ1) is 25.6. The molecule has 0 spiro atoms. The molecule has 35 heavy (non-hydrogen) atoms. The molecule has 0 radical (unpaired) electrons. The quantitative estimate of drug-likeness (QED) is 0.217. The number of anilines is 1. The second kappa shape index (κ2) is 9.68. The van der Waals surface area contributed by atoms with Crippen molar-refractivity contribution in [3.63, 3.8) is 0 Å². The van der Waals surface area contributed by atoms with Crippen LogP contribution in [0.1, 0.15) is 26.3 Å². The van der Waals surface area contributed by atoms with E-state index in [0.29, 0.717) is 6.07 Å². The van der Waals surface area contributed by atoms with Gasteiger partial charge in [-0.05, 0) is 24.3 Å². The Hall–Kier alpha value is -4.03. The SMILES string of the molecule is O=C(c1ccc([N+](=O)[O-])cc1Cl)N(C(=O)c1ccc([N+](=O)[O-])cc1Cl)c1ccccc1C(F)(F)F. The second-order valence-corrected chi connectivity index (χ2v) is 7.62. The first-order chi connectivity index (χ1) is 16.3. The Kier molecular flexibility index (Phi) is 7.08. The van der Waals surface area contributed by atoms with Crippen molar-refractivity contribution >= 4 is 52.1 Å². The normalized spacial score (nSPS) is 11.1. The lowest BCUT2D eigenvalue weighted by molar-refractivity contribution is -0.385. The summed E-state index contributed by atoms with van der Waals surface area (Å²) in [6, 6.07) is 8.82. The van der Waals surface area contributed by atoms with Crippen LogP contribution in [-0.2, 0) is 6.18 Å². The highest BCUT2D eigenvalue weighted by Gasteiger charge is 2.39. The van der Waals surface area contributed by atoms with Crippen molar-refractivity contribution in [2.75, 3.05) is 4.90 Å². The smallest absolute Gasteiger partial charge is 0.268 e. The molecule has 3 aromatic rings. The Bertz CT molecular complexity index is 1310. The number of nitro benzene ring substituents is 2. The molecule has 3 aromatic carbocycles. The standard InChI is InChI=1S/C21H10Cl2F3N3O6/c22-16-9-11(28(32)33)5-7-13(16)19(30)27(18-4-2-1-3-15(18)21(24,25)26)20(31)14-8-6-12(29(34)35)10-17(14)23/h1-10H. The lowest BCUT2D eigenvalue weighted by atomic mass is 10.1. The number of nitro groups is 2. The molecule has 0 aliphatic heterocycles. The molecule has 14 heteroatoms. The minimum Gasteiger partial charge on any atom is -0.268 e. The molecular weight excluding hydrogens is 518 g/mol. The second-order valence-electron chi connectivity index (χ2n) is 6.80. The Morgan fingerprint density at radius 2 is 1.20 bits per heavy atom. The van der Waals surface area contributed by atoms with Crippen LogP contribution in [0.15, 0.2) is 60.7 Å². The largest absolute Gasteiger partial charge is 0.418 e. The minimum atomic E-state index is -4.99. The summed E-state index contributed by atoms with van der Waals surface area (Å²) in [6.45, 7) is 0. The molecule has 0 aliphatic carbocycles. The van der Waals surface area contributed by atoms with Gasteiger partial charge in [0.2, 0.25) is 0 Å². The van der Waals surface area contributed by atoms with E-state index in [0.717, 1.165) is 54.6 Å². The van der Waals surface area contributed by atoms with E-state index in [-0.39, 0.29) is 4.90 Å². The predicted octanol–water partition coefficient (Wildman–Crippen LogP) is 6.32. The van der Waals surface area contributed by atoms with Crippen molar-refractivity contribution in [1.29, 1.82) is 0 Å². The number of amides is 2. The first-order valence-corrected chi connectivity index (χ1v) is 10.0. The highest BCUT2D eigenvalue weighted by atomic mass is 35.5. The zero-order chi connectivity index (χ0) is 26.1. The molecule has 2 amide bonds. The molecule has 180 valence electrons. The van der Waals surface area contributed by atoms with Gasteiger partial charge in [-0.15, -0.1) is 0 Å². The number of carbonyl (C=O) groups is 2. The summed E-state index contributed by atoms with van der Waals surface area (Å²) in [5, 5.41) is 20.9. The Morgan fingerprint density at radius 1 is 0.771 bits per heavy atom. The maximum absolute atomic E-state index is 13.7. The van der Waals surface area contributed by atoms with Crippen molar-refractivity contribution in [2.24, 2.45) is 0 Å². The van der Waals surface area contributed by atoms with Crippen molar-refractivity contribution in [2.45, 2.75) is 6.18 Å². The lowest BCUT2D eigenvalue weighted by Gasteiger charge is -2.25. The van der Waals surface area contributed by atoms with Crippen LogP contribution in [0.3, 0.4) is 0 Å². The minimum absolute atomic E-state index is 0.156. The van der Waals surface area contributed by atoms with Crippen LogP contribution in [0.25, 0.3) is 0 Å². The third-order valence-electron chi connectivity index (χ3n) is 4.64. The molecule has 0 atom stereocenters. The summed E-state index contributed by atoms with van der Waals surface area (Å²) in [5.41, 5.74) is -4.25. The topological polar surface area (TPSA) is 124 Å². The van der Waals surface area contributed by atoms with Crippen molar-refractivity contribution in [1.82, 2.24) is 0 Å². The summed E-state index contributed by atoms with van der Waals surface area (Å²) >= 11 is 12.0. The number of nitrogens with zero attached hydrogens (tertiary/aromatic N) is 3. The fourth-order valence-corrected chi connectivity index (χ4v) is 3.55. The average molecular weight is 528 g/mol. The number of alkyl halides is 3. The van der Waals surface area contributed by atoms with Gasteiger partial charge in [0.1, 0.15) is 0 Å². The highest BCUT2D eigenvalue weighted by Crippen LogP contribution is 2.38. The van der Waals surface area contributed by atoms with E-state index < -0.39 is 71.6 Å². The van der Waals surface area contributed by atoms with E-state index in [4.69, 9.17) is 23.2 Å². The molecule has 9 nitrogen and oxygen atoms in total. The Morgan fingerprint density at radius 3 is 1.57 bits per heavy atom. The van der Waals surface area contributed by atoms with Gasteiger partial charge in [-0.3, -0.25) is 29.8 Å². The fraction of sp³-hybridized carbons (Fsp3) is 0.0476. The van der Waals surface area contributed by atoms with Gasteiger partial charge in [0, 0.05) is 24.3 Å². The fourth-order valence-electron chi connectivity index (χ4n) is 3.04. The van der Waals surface area contributed by atoms with Gasteiger partial charge in [0.25, 0.3) is 23.2 Å². The highest BCUT2D eigenvalue weighted by molar-refractivity contribution is 6.39. The van der Waals surface area contributed by atoms with E-state index in [1.807, 2.05) is 0 Å². The van der Waals surface area contributed by atoms with Crippen LogP contribution < -0.4 is 4.90 Å². The van der Waals surface area contributed by atoms with Crippen LogP contribution in [-0.4, -0.2) is 21.7 Å². The first-order valence-electron chi connectivity index (χ1n) is 9.25. The van der Waals surface area contributed by atoms with E-state index >= 15 is 0 Å². The molecule has 0 heterocycles. The molecule has 0 saturated heterocycles. The van der Waals surface area contributed by atoms with Crippen LogP contribution in [0.5, 0.6) is 0 Å². The number of hydrogen-bond acceptors (Lipinski definition) is 6. The molecule has 0 aromatic heterocycles. The third-order valence-corrected chi connectivity index (χ3v) is 5.27. The molecular formula is C21H10Cl2F3N3O6. The van der Waals surface area contributed by atoms with Crippen molar-refractivity contribution in [3.8, 4) is 0 Å². The number of para-hydroxylation sites is 1. The molecule has 0 fully saturated rings. The van der Waals surface area contributed by atoms with Gasteiger partial charge in [0.05, 0.1) is 42.3 Å². The maximum atomic E-state index is 13.7.